The molecule has 2 atom stereocenters. The molecule has 4 nitrogen and oxygen atoms in total. The third-order valence-electron chi connectivity index (χ3n) is 3.06. The number of rotatable bonds is 1. The Morgan fingerprint density at radius 1 is 1.77 bits per heavy atom. The summed E-state index contributed by atoms with van der Waals surface area (Å²) in [5, 5.41) is 0. The minimum Gasteiger partial charge on any atom is -0.453 e. The molecule has 2 rings (SSSR count). The van der Waals surface area contributed by atoms with E-state index in [0.717, 1.165) is 19.4 Å². The van der Waals surface area contributed by atoms with E-state index in [1.807, 2.05) is 0 Å². The number of piperidine rings is 1. The quantitative estimate of drug-likeness (QED) is 0.572. The molecule has 2 unspecified atom stereocenters. The van der Waals surface area contributed by atoms with Crippen molar-refractivity contribution in [2.24, 2.45) is 0 Å². The first-order valence-electron chi connectivity index (χ1n) is 4.72. The number of amides is 1. The third kappa shape index (κ3) is 1.29. The number of ether oxygens (including phenoxy) is 2. The van der Waals surface area contributed by atoms with E-state index >= 15 is 0 Å². The Hall–Kier alpha value is -0.770. The number of hydrogen-bond acceptors (Lipinski definition) is 3. The monoisotopic (exact) mass is 185 g/mol. The summed E-state index contributed by atoms with van der Waals surface area (Å²) < 4.78 is 10.3. The zero-order valence-electron chi connectivity index (χ0n) is 8.08. The normalized spacial score (nSPS) is 36.8. The zero-order valence-corrected chi connectivity index (χ0v) is 8.08. The summed E-state index contributed by atoms with van der Waals surface area (Å²) in [6.45, 7) is 3.56. The SMILES string of the molecule is CCC12CN(C(=O)OC)CCC1O2. The number of likely N-dealkylation sites (tertiary alicyclic amines) is 1. The molecule has 2 aliphatic heterocycles. The molecule has 0 bridgehead atoms. The lowest BCUT2D eigenvalue weighted by atomic mass is 9.96. The van der Waals surface area contributed by atoms with Gasteiger partial charge in [-0.05, 0) is 12.8 Å². The Bertz CT molecular complexity index is 231. The van der Waals surface area contributed by atoms with Crippen LogP contribution in [-0.2, 0) is 9.47 Å². The van der Waals surface area contributed by atoms with Gasteiger partial charge in [0, 0.05) is 6.54 Å². The molecule has 0 aromatic heterocycles. The largest absolute Gasteiger partial charge is 0.453 e. The van der Waals surface area contributed by atoms with Gasteiger partial charge in [-0.1, -0.05) is 6.92 Å². The van der Waals surface area contributed by atoms with Gasteiger partial charge in [-0.2, -0.15) is 0 Å². The van der Waals surface area contributed by atoms with E-state index in [9.17, 15) is 4.79 Å². The van der Waals surface area contributed by atoms with E-state index < -0.39 is 0 Å². The molecule has 0 aromatic carbocycles. The molecular formula is C9H15NO3. The lowest BCUT2D eigenvalue weighted by Crippen LogP contribution is -2.44. The predicted octanol–water partition coefficient (Wildman–Crippen LogP) is 1.01. The van der Waals surface area contributed by atoms with E-state index in [2.05, 4.69) is 11.7 Å². The molecule has 2 aliphatic rings. The number of fused-ring (bicyclic) bond motifs is 1. The molecule has 0 N–H and O–H groups in total. The van der Waals surface area contributed by atoms with E-state index in [4.69, 9.17) is 4.74 Å². The van der Waals surface area contributed by atoms with Crippen LogP contribution in [0, 0.1) is 0 Å². The van der Waals surface area contributed by atoms with E-state index in [1.54, 1.807) is 4.90 Å². The van der Waals surface area contributed by atoms with Crippen molar-refractivity contribution in [1.29, 1.82) is 0 Å². The van der Waals surface area contributed by atoms with Crippen LogP contribution >= 0.6 is 0 Å². The summed E-state index contributed by atoms with van der Waals surface area (Å²) in [4.78, 5) is 13.0. The fourth-order valence-electron chi connectivity index (χ4n) is 2.09. The number of nitrogens with zero attached hydrogens (tertiary/aromatic N) is 1. The van der Waals surface area contributed by atoms with Gasteiger partial charge in [0.05, 0.1) is 19.8 Å². The second kappa shape index (κ2) is 2.87. The highest BCUT2D eigenvalue weighted by Gasteiger charge is 2.58. The molecule has 0 aliphatic carbocycles. The van der Waals surface area contributed by atoms with Gasteiger partial charge in [0.25, 0.3) is 0 Å². The van der Waals surface area contributed by atoms with Crippen LogP contribution in [-0.4, -0.2) is 42.9 Å². The van der Waals surface area contributed by atoms with Crippen LogP contribution < -0.4 is 0 Å². The number of epoxide rings is 1. The van der Waals surface area contributed by atoms with Gasteiger partial charge in [-0.15, -0.1) is 0 Å². The number of hydrogen-bond donors (Lipinski definition) is 0. The first kappa shape index (κ1) is 8.81. The average molecular weight is 185 g/mol. The molecule has 2 saturated heterocycles. The van der Waals surface area contributed by atoms with Crippen molar-refractivity contribution in [1.82, 2.24) is 4.90 Å². The highest BCUT2D eigenvalue weighted by molar-refractivity contribution is 5.67. The van der Waals surface area contributed by atoms with Crippen LogP contribution in [0.3, 0.4) is 0 Å². The smallest absolute Gasteiger partial charge is 0.409 e. The van der Waals surface area contributed by atoms with E-state index in [-0.39, 0.29) is 11.7 Å². The summed E-state index contributed by atoms with van der Waals surface area (Å²) in [7, 11) is 1.42. The maximum absolute atomic E-state index is 11.2. The minimum absolute atomic E-state index is 0.0353. The lowest BCUT2D eigenvalue weighted by molar-refractivity contribution is 0.107. The van der Waals surface area contributed by atoms with Crippen molar-refractivity contribution < 1.29 is 14.3 Å². The fourth-order valence-corrected chi connectivity index (χ4v) is 2.09. The summed E-state index contributed by atoms with van der Waals surface area (Å²) in [6, 6.07) is 0. The van der Waals surface area contributed by atoms with Crippen molar-refractivity contribution in [2.45, 2.75) is 31.5 Å². The van der Waals surface area contributed by atoms with Crippen molar-refractivity contribution in [3.63, 3.8) is 0 Å². The maximum atomic E-state index is 11.2. The number of carbonyl (C=O) groups excluding carboxylic acids is 1. The number of carbonyl (C=O) groups is 1. The minimum atomic E-state index is -0.234. The van der Waals surface area contributed by atoms with E-state index in [0.29, 0.717) is 12.6 Å². The molecule has 2 heterocycles. The standard InChI is InChI=1S/C9H15NO3/c1-3-9-6-10(8(11)12-2)5-4-7(9)13-9/h7H,3-6H2,1-2H3. The molecule has 1 amide bonds. The molecule has 0 saturated carbocycles. The molecule has 0 aromatic rings. The predicted molar refractivity (Wildman–Crippen MR) is 46.5 cm³/mol. The maximum Gasteiger partial charge on any atom is 0.409 e. The van der Waals surface area contributed by atoms with Crippen LogP contribution in [0.25, 0.3) is 0 Å². The molecule has 4 heteroatoms. The fraction of sp³-hybridized carbons (Fsp3) is 0.889. The van der Waals surface area contributed by atoms with Gasteiger partial charge in [0.2, 0.25) is 0 Å². The first-order chi connectivity index (χ1) is 6.22. The van der Waals surface area contributed by atoms with Crippen LogP contribution in [0.1, 0.15) is 19.8 Å². The van der Waals surface area contributed by atoms with E-state index in [1.165, 1.54) is 7.11 Å². The van der Waals surface area contributed by atoms with Gasteiger partial charge in [-0.3, -0.25) is 0 Å². The van der Waals surface area contributed by atoms with Gasteiger partial charge >= 0.3 is 6.09 Å². The third-order valence-corrected chi connectivity index (χ3v) is 3.06. The molecular weight excluding hydrogens is 170 g/mol. The van der Waals surface area contributed by atoms with Gasteiger partial charge in [0.15, 0.2) is 0 Å². The van der Waals surface area contributed by atoms with Crippen molar-refractivity contribution in [3.8, 4) is 0 Å². The van der Waals surface area contributed by atoms with Crippen molar-refractivity contribution in [2.75, 3.05) is 20.2 Å². The highest BCUT2D eigenvalue weighted by atomic mass is 16.6. The highest BCUT2D eigenvalue weighted by Crippen LogP contribution is 2.45. The molecule has 0 radical (unpaired) electrons. The van der Waals surface area contributed by atoms with Crippen LogP contribution in [0.15, 0.2) is 0 Å². The Labute approximate surface area is 77.8 Å². The number of methoxy groups -OCH3 is 1. The summed E-state index contributed by atoms with van der Waals surface area (Å²) in [5.74, 6) is 0. The lowest BCUT2D eigenvalue weighted by Gasteiger charge is -2.27. The first-order valence-corrected chi connectivity index (χ1v) is 4.72. The van der Waals surface area contributed by atoms with Crippen molar-refractivity contribution in [3.05, 3.63) is 0 Å². The Kier molecular flexibility index (Phi) is 1.95. The zero-order chi connectivity index (χ0) is 9.47. The average Bonchev–Trinajstić information content (AvgIpc) is 2.90. The molecule has 13 heavy (non-hydrogen) atoms. The Balaban J connectivity index is 1.99. The van der Waals surface area contributed by atoms with Gasteiger partial charge < -0.3 is 14.4 Å². The molecule has 2 fully saturated rings. The second-order valence-electron chi connectivity index (χ2n) is 3.71. The van der Waals surface area contributed by atoms with Gasteiger partial charge in [-0.25, -0.2) is 4.79 Å². The molecule has 0 spiro atoms. The van der Waals surface area contributed by atoms with Crippen LogP contribution in [0.4, 0.5) is 4.79 Å². The second-order valence-corrected chi connectivity index (χ2v) is 3.71. The molecule has 74 valence electrons. The summed E-state index contributed by atoms with van der Waals surface area (Å²) >= 11 is 0. The summed E-state index contributed by atoms with van der Waals surface area (Å²) in [5.41, 5.74) is -0.0353. The van der Waals surface area contributed by atoms with Crippen LogP contribution in [0.5, 0.6) is 0 Å². The Morgan fingerprint density at radius 2 is 2.54 bits per heavy atom. The summed E-state index contributed by atoms with van der Waals surface area (Å²) in [6.07, 6.45) is 2.08. The van der Waals surface area contributed by atoms with Gasteiger partial charge in [0.1, 0.15) is 5.60 Å². The van der Waals surface area contributed by atoms with Crippen LogP contribution in [0.2, 0.25) is 0 Å². The Morgan fingerprint density at radius 3 is 3.15 bits per heavy atom. The van der Waals surface area contributed by atoms with Crippen molar-refractivity contribution >= 4 is 6.09 Å². The topological polar surface area (TPSA) is 42.1 Å².